The first kappa shape index (κ1) is 16.1. The van der Waals surface area contributed by atoms with Crippen molar-refractivity contribution < 1.29 is 4.79 Å². The first-order chi connectivity index (χ1) is 9.26. The molecule has 0 saturated carbocycles. The second-order valence-electron chi connectivity index (χ2n) is 4.77. The highest BCUT2D eigenvalue weighted by molar-refractivity contribution is 7.99. The third-order valence-corrected chi connectivity index (χ3v) is 4.31. The van der Waals surface area contributed by atoms with Gasteiger partial charge >= 0.3 is 0 Å². The smallest absolute Gasteiger partial charge is 0.230 e. The number of benzene rings is 1. The number of amides is 1. The predicted molar refractivity (Wildman–Crippen MR) is 84.6 cm³/mol. The molecule has 0 heterocycles. The monoisotopic (exact) mass is 279 g/mol. The van der Waals surface area contributed by atoms with Gasteiger partial charge in [-0.2, -0.15) is 11.8 Å². The van der Waals surface area contributed by atoms with Crippen LogP contribution in [0.4, 0.5) is 0 Å². The molecule has 0 bridgehead atoms. The van der Waals surface area contributed by atoms with E-state index in [0.717, 1.165) is 31.6 Å². The van der Waals surface area contributed by atoms with Crippen LogP contribution in [-0.4, -0.2) is 24.0 Å². The van der Waals surface area contributed by atoms with Crippen LogP contribution >= 0.6 is 11.8 Å². The highest BCUT2D eigenvalue weighted by Crippen LogP contribution is 2.08. The van der Waals surface area contributed by atoms with Crippen molar-refractivity contribution in [2.75, 3.05) is 18.1 Å². The first-order valence-electron chi connectivity index (χ1n) is 7.14. The standard InChI is InChI=1S/C16H25NOS/c1-3-14(4-2)12-17-16(18)13-19-11-10-15-8-6-5-7-9-15/h5-9,14H,3-4,10-13H2,1-2H3,(H,17,18). The number of hydrogen-bond acceptors (Lipinski definition) is 2. The number of thioether (sulfide) groups is 1. The minimum atomic E-state index is 0.171. The zero-order chi connectivity index (χ0) is 13.9. The predicted octanol–water partition coefficient (Wildman–Crippen LogP) is 3.51. The summed E-state index contributed by atoms with van der Waals surface area (Å²) in [4.78, 5) is 11.7. The molecule has 1 rings (SSSR count). The molecule has 0 aromatic heterocycles. The molecular weight excluding hydrogens is 254 g/mol. The molecule has 1 aromatic carbocycles. The fourth-order valence-corrected chi connectivity index (χ4v) is 2.70. The van der Waals surface area contributed by atoms with Crippen molar-refractivity contribution in [3.63, 3.8) is 0 Å². The largest absolute Gasteiger partial charge is 0.355 e. The van der Waals surface area contributed by atoms with Crippen LogP contribution in [0.25, 0.3) is 0 Å². The Kier molecular flexibility index (Phi) is 8.39. The maximum absolute atomic E-state index is 11.7. The van der Waals surface area contributed by atoms with Crippen LogP contribution in [-0.2, 0) is 11.2 Å². The molecule has 2 nitrogen and oxygen atoms in total. The Labute approximate surface area is 121 Å². The molecule has 0 radical (unpaired) electrons. The molecule has 1 aromatic rings. The number of hydrogen-bond donors (Lipinski definition) is 1. The number of nitrogens with one attached hydrogen (secondary N) is 1. The van der Waals surface area contributed by atoms with Gasteiger partial charge in [0.1, 0.15) is 0 Å². The SMILES string of the molecule is CCC(CC)CNC(=O)CSCCc1ccccc1. The van der Waals surface area contributed by atoms with Gasteiger partial charge in [-0.15, -0.1) is 0 Å². The molecule has 0 atom stereocenters. The van der Waals surface area contributed by atoms with E-state index in [9.17, 15) is 4.79 Å². The van der Waals surface area contributed by atoms with Gasteiger partial charge in [-0.25, -0.2) is 0 Å². The van der Waals surface area contributed by atoms with Crippen LogP contribution in [0.2, 0.25) is 0 Å². The van der Waals surface area contributed by atoms with Gasteiger partial charge < -0.3 is 5.32 Å². The first-order valence-corrected chi connectivity index (χ1v) is 8.30. The Bertz CT molecular complexity index is 349. The third kappa shape index (κ3) is 7.26. The van der Waals surface area contributed by atoms with E-state index in [4.69, 9.17) is 0 Å². The van der Waals surface area contributed by atoms with Crippen molar-refractivity contribution in [2.24, 2.45) is 5.92 Å². The lowest BCUT2D eigenvalue weighted by atomic mass is 10.0. The quantitative estimate of drug-likeness (QED) is 0.701. The summed E-state index contributed by atoms with van der Waals surface area (Å²) in [5, 5.41) is 3.02. The van der Waals surface area contributed by atoms with Crippen LogP contribution in [0.15, 0.2) is 30.3 Å². The van der Waals surface area contributed by atoms with Gasteiger partial charge in [0.15, 0.2) is 0 Å². The molecule has 19 heavy (non-hydrogen) atoms. The zero-order valence-corrected chi connectivity index (χ0v) is 12.8. The van der Waals surface area contributed by atoms with E-state index >= 15 is 0 Å². The second kappa shape index (κ2) is 9.90. The summed E-state index contributed by atoms with van der Waals surface area (Å²) < 4.78 is 0. The molecule has 0 saturated heterocycles. The van der Waals surface area contributed by atoms with Crippen LogP contribution in [0.3, 0.4) is 0 Å². The molecule has 1 N–H and O–H groups in total. The van der Waals surface area contributed by atoms with Gasteiger partial charge in [0.25, 0.3) is 0 Å². The number of rotatable bonds is 9. The van der Waals surface area contributed by atoms with E-state index in [1.807, 2.05) is 6.07 Å². The normalized spacial score (nSPS) is 10.7. The maximum atomic E-state index is 11.7. The molecule has 0 unspecified atom stereocenters. The minimum absolute atomic E-state index is 0.171. The fourth-order valence-electron chi connectivity index (χ4n) is 1.89. The Morgan fingerprint density at radius 3 is 2.53 bits per heavy atom. The van der Waals surface area contributed by atoms with Crippen LogP contribution in [0.5, 0.6) is 0 Å². The molecule has 3 heteroatoms. The molecule has 0 aliphatic heterocycles. The maximum Gasteiger partial charge on any atom is 0.230 e. The van der Waals surface area contributed by atoms with E-state index in [-0.39, 0.29) is 5.91 Å². The van der Waals surface area contributed by atoms with Crippen molar-refractivity contribution in [1.82, 2.24) is 5.32 Å². The zero-order valence-electron chi connectivity index (χ0n) is 12.0. The summed E-state index contributed by atoms with van der Waals surface area (Å²) in [5.74, 6) is 2.37. The average molecular weight is 279 g/mol. The highest BCUT2D eigenvalue weighted by atomic mass is 32.2. The third-order valence-electron chi connectivity index (χ3n) is 3.35. The molecule has 0 spiro atoms. The molecule has 1 amide bonds. The van der Waals surface area contributed by atoms with Crippen LogP contribution < -0.4 is 5.32 Å². The lowest BCUT2D eigenvalue weighted by molar-refractivity contribution is -0.118. The number of carbonyl (C=O) groups is 1. The van der Waals surface area contributed by atoms with Crippen molar-refractivity contribution in [3.8, 4) is 0 Å². The fraction of sp³-hybridized carbons (Fsp3) is 0.562. The van der Waals surface area contributed by atoms with Gasteiger partial charge in [0.05, 0.1) is 5.75 Å². The summed E-state index contributed by atoms with van der Waals surface area (Å²) in [6, 6.07) is 10.4. The van der Waals surface area contributed by atoms with Crippen molar-refractivity contribution in [3.05, 3.63) is 35.9 Å². The van der Waals surface area contributed by atoms with E-state index in [1.165, 1.54) is 5.56 Å². The molecule has 106 valence electrons. The van der Waals surface area contributed by atoms with E-state index in [2.05, 4.69) is 43.4 Å². The lowest BCUT2D eigenvalue weighted by Gasteiger charge is -2.13. The van der Waals surface area contributed by atoms with Gasteiger partial charge in [0, 0.05) is 6.54 Å². The van der Waals surface area contributed by atoms with Crippen LogP contribution in [0.1, 0.15) is 32.3 Å². The van der Waals surface area contributed by atoms with E-state index in [0.29, 0.717) is 11.7 Å². The Balaban J connectivity index is 2.07. The summed E-state index contributed by atoms with van der Waals surface area (Å²) in [6.45, 7) is 5.18. The molecule has 0 fully saturated rings. The summed E-state index contributed by atoms with van der Waals surface area (Å²) >= 11 is 1.71. The van der Waals surface area contributed by atoms with E-state index < -0.39 is 0 Å². The Hall–Kier alpha value is -0.960. The highest BCUT2D eigenvalue weighted by Gasteiger charge is 2.06. The molecule has 0 aliphatic carbocycles. The van der Waals surface area contributed by atoms with Crippen molar-refractivity contribution in [2.45, 2.75) is 33.1 Å². The van der Waals surface area contributed by atoms with Crippen molar-refractivity contribution in [1.29, 1.82) is 0 Å². The van der Waals surface area contributed by atoms with Gasteiger partial charge in [-0.05, 0) is 23.7 Å². The summed E-state index contributed by atoms with van der Waals surface area (Å²) in [5.41, 5.74) is 1.34. The van der Waals surface area contributed by atoms with Crippen molar-refractivity contribution >= 4 is 17.7 Å². The minimum Gasteiger partial charge on any atom is -0.355 e. The van der Waals surface area contributed by atoms with E-state index in [1.54, 1.807) is 11.8 Å². The topological polar surface area (TPSA) is 29.1 Å². The van der Waals surface area contributed by atoms with Crippen LogP contribution in [0, 0.1) is 5.92 Å². The van der Waals surface area contributed by atoms with Gasteiger partial charge in [-0.1, -0.05) is 57.0 Å². The Morgan fingerprint density at radius 2 is 1.89 bits per heavy atom. The Morgan fingerprint density at radius 1 is 1.21 bits per heavy atom. The number of carbonyl (C=O) groups excluding carboxylic acids is 1. The molecule has 0 aliphatic rings. The summed E-state index contributed by atoms with van der Waals surface area (Å²) in [7, 11) is 0. The lowest BCUT2D eigenvalue weighted by Crippen LogP contribution is -2.30. The summed E-state index contributed by atoms with van der Waals surface area (Å²) in [6.07, 6.45) is 3.31. The average Bonchev–Trinajstić information content (AvgIpc) is 2.46. The van der Waals surface area contributed by atoms with Gasteiger partial charge in [-0.3, -0.25) is 4.79 Å². The second-order valence-corrected chi connectivity index (χ2v) is 5.88. The molecular formula is C16H25NOS. The number of aryl methyl sites for hydroxylation is 1. The van der Waals surface area contributed by atoms with Gasteiger partial charge in [0.2, 0.25) is 5.91 Å².